The summed E-state index contributed by atoms with van der Waals surface area (Å²) in [5.41, 5.74) is -1.28. The van der Waals surface area contributed by atoms with E-state index in [4.69, 9.17) is 14.5 Å². The molecular weight excluding hydrogens is 591 g/mol. The van der Waals surface area contributed by atoms with Gasteiger partial charge >= 0.3 is 0 Å². The number of aromatic nitrogens is 2. The van der Waals surface area contributed by atoms with Crippen LogP contribution in [-0.2, 0) is 15.8 Å². The number of carbonyl (C=O) groups excluding carboxylic acids is 2. The maximum atomic E-state index is 13.8. The number of aliphatic hydroxyl groups is 2. The molecule has 2 aromatic heterocycles. The average molecular weight is 629 g/mol. The fraction of sp³-hybridized carbons (Fsp3) is 0.371. The molecule has 2 amide bonds. The minimum absolute atomic E-state index is 0.0179. The van der Waals surface area contributed by atoms with E-state index in [0.717, 1.165) is 18.2 Å². The predicted octanol–water partition coefficient (Wildman–Crippen LogP) is 4.15. The summed E-state index contributed by atoms with van der Waals surface area (Å²) in [7, 11) is 0. The van der Waals surface area contributed by atoms with E-state index in [9.17, 15) is 24.2 Å². The molecule has 240 valence electrons. The Morgan fingerprint density at radius 3 is 2.57 bits per heavy atom. The Morgan fingerprint density at radius 2 is 1.87 bits per heavy atom. The number of aliphatic hydroxyl groups excluding tert-OH is 1. The molecular formula is C35H37FN4O6. The number of amides is 2. The maximum absolute atomic E-state index is 13.8. The van der Waals surface area contributed by atoms with Crippen LogP contribution in [0.15, 0.2) is 60.8 Å². The Balaban J connectivity index is 1.33. The highest BCUT2D eigenvalue weighted by atomic mass is 19.1. The molecule has 0 unspecified atom stereocenters. The molecule has 4 N–H and O–H groups in total. The summed E-state index contributed by atoms with van der Waals surface area (Å²) in [5, 5.41) is 28.0. The Kier molecular flexibility index (Phi) is 7.94. The molecule has 4 aromatic rings. The Labute approximate surface area is 266 Å². The zero-order valence-electron chi connectivity index (χ0n) is 26.2. The topological polar surface area (TPSA) is 143 Å². The molecule has 46 heavy (non-hydrogen) atoms. The summed E-state index contributed by atoms with van der Waals surface area (Å²) in [4.78, 5) is 36.2. The highest BCUT2D eigenvalue weighted by Gasteiger charge is 2.47. The third-order valence-corrected chi connectivity index (χ3v) is 8.43. The lowest BCUT2D eigenvalue weighted by atomic mass is 9.81. The fourth-order valence-corrected chi connectivity index (χ4v) is 5.33. The van der Waals surface area contributed by atoms with E-state index in [1.54, 1.807) is 63.4 Å². The van der Waals surface area contributed by atoms with Crippen LogP contribution in [0.3, 0.4) is 0 Å². The van der Waals surface area contributed by atoms with Crippen LogP contribution >= 0.6 is 0 Å². The Bertz CT molecular complexity index is 1820. The quantitative estimate of drug-likeness (QED) is 0.205. The van der Waals surface area contributed by atoms with Gasteiger partial charge in [-0.15, -0.1) is 0 Å². The molecule has 1 fully saturated rings. The number of nitrogens with zero attached hydrogens (tertiary/aromatic N) is 2. The van der Waals surface area contributed by atoms with Crippen LogP contribution in [0, 0.1) is 5.82 Å². The van der Waals surface area contributed by atoms with Gasteiger partial charge in [0, 0.05) is 28.3 Å². The molecule has 6 rings (SSSR count). The number of benzene rings is 2. The van der Waals surface area contributed by atoms with Crippen LogP contribution in [-0.4, -0.2) is 63.4 Å². The lowest BCUT2D eigenvalue weighted by Gasteiger charge is -2.30. The third-order valence-electron chi connectivity index (χ3n) is 8.43. The zero-order chi connectivity index (χ0) is 32.9. The number of nitrogens with one attached hydrogen (secondary N) is 2. The van der Waals surface area contributed by atoms with Gasteiger partial charge in [0.15, 0.2) is 0 Å². The second-order valence-corrected chi connectivity index (χ2v) is 13.2. The van der Waals surface area contributed by atoms with Crippen molar-refractivity contribution in [1.82, 2.24) is 20.6 Å². The molecule has 11 heteroatoms. The number of ether oxygens (including phenoxy) is 2. The van der Waals surface area contributed by atoms with Crippen LogP contribution in [0.4, 0.5) is 4.39 Å². The van der Waals surface area contributed by atoms with E-state index < -0.39 is 28.3 Å². The van der Waals surface area contributed by atoms with E-state index in [2.05, 4.69) is 15.6 Å². The third kappa shape index (κ3) is 6.12. The lowest BCUT2D eigenvalue weighted by Crippen LogP contribution is -2.53. The number of pyridine rings is 2. The van der Waals surface area contributed by atoms with Gasteiger partial charge in [-0.25, -0.2) is 9.37 Å². The second kappa shape index (κ2) is 11.6. The van der Waals surface area contributed by atoms with Gasteiger partial charge in [-0.3, -0.25) is 14.6 Å². The van der Waals surface area contributed by atoms with Gasteiger partial charge < -0.3 is 30.3 Å². The van der Waals surface area contributed by atoms with E-state index in [1.807, 2.05) is 6.07 Å². The van der Waals surface area contributed by atoms with Crippen molar-refractivity contribution in [3.63, 3.8) is 0 Å². The van der Waals surface area contributed by atoms with Crippen molar-refractivity contribution in [3.8, 4) is 22.8 Å². The summed E-state index contributed by atoms with van der Waals surface area (Å²) >= 11 is 0. The fourth-order valence-electron chi connectivity index (χ4n) is 5.33. The number of hydrogen-bond acceptors (Lipinski definition) is 8. The summed E-state index contributed by atoms with van der Waals surface area (Å²) in [6.07, 6.45) is 3.69. The van der Waals surface area contributed by atoms with Crippen molar-refractivity contribution in [3.05, 3.63) is 83.4 Å². The van der Waals surface area contributed by atoms with E-state index in [1.165, 1.54) is 19.1 Å². The first-order valence-electron chi connectivity index (χ1n) is 15.2. The second-order valence-electron chi connectivity index (χ2n) is 13.2. The first-order valence-corrected chi connectivity index (χ1v) is 15.2. The van der Waals surface area contributed by atoms with Crippen molar-refractivity contribution in [1.29, 1.82) is 0 Å². The van der Waals surface area contributed by atoms with Crippen LogP contribution in [0.25, 0.3) is 22.2 Å². The van der Waals surface area contributed by atoms with Gasteiger partial charge in [0.25, 0.3) is 5.91 Å². The lowest BCUT2D eigenvalue weighted by molar-refractivity contribution is -0.128. The molecule has 0 bridgehead atoms. The molecule has 2 aromatic carbocycles. The molecule has 0 radical (unpaired) electrons. The normalized spacial score (nSPS) is 18.8. The number of hydrogen-bond donors (Lipinski definition) is 4. The van der Waals surface area contributed by atoms with Gasteiger partial charge in [0.05, 0.1) is 30.5 Å². The molecule has 0 spiro atoms. The maximum Gasteiger partial charge on any atom is 0.251 e. The van der Waals surface area contributed by atoms with E-state index >= 15 is 0 Å². The highest BCUT2D eigenvalue weighted by Crippen LogP contribution is 2.46. The zero-order valence-corrected chi connectivity index (χ0v) is 26.2. The SMILES string of the molecule is CC(C)(CO)NC(=O)[C@@]1(C)COc2c1cc([C@@](C)(O)CNC(=O)c1cc(OC3CC3)c3ncccc3c1)nc2-c1ccc(F)cc1. The van der Waals surface area contributed by atoms with Gasteiger partial charge in [0.2, 0.25) is 5.91 Å². The molecule has 1 aliphatic carbocycles. The van der Waals surface area contributed by atoms with Gasteiger partial charge in [-0.1, -0.05) is 6.07 Å². The van der Waals surface area contributed by atoms with Crippen LogP contribution in [0.5, 0.6) is 11.5 Å². The molecule has 1 saturated carbocycles. The minimum Gasteiger partial charge on any atom is -0.489 e. The smallest absolute Gasteiger partial charge is 0.251 e. The number of carbonyl (C=O) groups is 2. The van der Waals surface area contributed by atoms with Crippen LogP contribution < -0.4 is 20.1 Å². The van der Waals surface area contributed by atoms with Gasteiger partial charge in [-0.05, 0) is 89.1 Å². The van der Waals surface area contributed by atoms with Crippen molar-refractivity contribution in [2.75, 3.05) is 19.8 Å². The molecule has 3 heterocycles. The molecule has 1 aliphatic heterocycles. The molecule has 2 aliphatic rings. The van der Waals surface area contributed by atoms with Crippen molar-refractivity contribution in [2.45, 2.75) is 63.2 Å². The van der Waals surface area contributed by atoms with Crippen LogP contribution in [0.1, 0.15) is 62.2 Å². The first kappa shape index (κ1) is 31.4. The predicted molar refractivity (Wildman–Crippen MR) is 169 cm³/mol. The molecule has 10 nitrogen and oxygen atoms in total. The summed E-state index contributed by atoms with van der Waals surface area (Å²) < 4.78 is 25.9. The summed E-state index contributed by atoms with van der Waals surface area (Å²) in [5.74, 6) is -0.370. The summed E-state index contributed by atoms with van der Waals surface area (Å²) in [6.45, 7) is 6.13. The number of halogens is 1. The Hall–Kier alpha value is -4.61. The Morgan fingerprint density at radius 1 is 1.13 bits per heavy atom. The average Bonchev–Trinajstić information content (AvgIpc) is 3.79. The minimum atomic E-state index is -1.70. The van der Waals surface area contributed by atoms with E-state index in [0.29, 0.717) is 39.4 Å². The van der Waals surface area contributed by atoms with Crippen LogP contribution in [0.2, 0.25) is 0 Å². The summed E-state index contributed by atoms with van der Waals surface area (Å²) in [6, 6.07) is 14.3. The number of fused-ring (bicyclic) bond motifs is 2. The standard InChI is InChI=1S/C35H37FN4O6/c1-33(2,18-41)40-32(43)34(3)19-45-30-25(34)16-27(39-29(30)20-7-9-23(36)10-8-20)35(4,44)17-38-31(42)22-14-21-6-5-13-37-28(21)26(15-22)46-24-11-12-24/h5-10,13-16,24,41,44H,11-12,17-19H2,1-4H3,(H,38,42)(H,40,43)/t34-,35-/m0/s1. The molecule has 0 saturated heterocycles. The first-order chi connectivity index (χ1) is 21.8. The highest BCUT2D eigenvalue weighted by molar-refractivity contribution is 6.00. The van der Waals surface area contributed by atoms with E-state index in [-0.39, 0.29) is 37.5 Å². The monoisotopic (exact) mass is 628 g/mol. The number of rotatable bonds is 10. The molecule has 2 atom stereocenters. The van der Waals surface area contributed by atoms with Crippen molar-refractivity contribution < 1.29 is 33.7 Å². The van der Waals surface area contributed by atoms with Crippen molar-refractivity contribution in [2.24, 2.45) is 0 Å². The van der Waals surface area contributed by atoms with Gasteiger partial charge in [0.1, 0.15) is 46.1 Å². The largest absolute Gasteiger partial charge is 0.489 e. The van der Waals surface area contributed by atoms with Gasteiger partial charge in [-0.2, -0.15) is 0 Å². The van der Waals surface area contributed by atoms with Crippen molar-refractivity contribution >= 4 is 22.7 Å².